The van der Waals surface area contributed by atoms with Crippen molar-refractivity contribution in [3.05, 3.63) is 30.4 Å². The number of nitrogens with zero attached hydrogens (tertiary/aromatic N) is 2. The summed E-state index contributed by atoms with van der Waals surface area (Å²) in [7, 11) is 0. The van der Waals surface area contributed by atoms with E-state index in [1.54, 1.807) is 12.1 Å². The second kappa shape index (κ2) is 5.37. The molecule has 0 aromatic heterocycles. The van der Waals surface area contributed by atoms with Gasteiger partial charge in [0.1, 0.15) is 6.07 Å². The van der Waals surface area contributed by atoms with E-state index in [0.717, 1.165) is 7.14 Å². The summed E-state index contributed by atoms with van der Waals surface area (Å²) in [6.45, 7) is 0. The fourth-order valence-corrected chi connectivity index (χ4v) is 2.75. The van der Waals surface area contributed by atoms with Gasteiger partial charge in [-0.05, 0) is 57.3 Å². The molecule has 0 atom stereocenters. The first-order valence-electron chi connectivity index (χ1n) is 2.98. The van der Waals surface area contributed by atoms with Gasteiger partial charge in [0.25, 0.3) is 0 Å². The van der Waals surface area contributed by atoms with E-state index >= 15 is 0 Å². The maximum absolute atomic E-state index is 8.72. The van der Waals surface area contributed by atoms with Crippen LogP contribution in [-0.2, 0) is 0 Å². The zero-order valence-corrected chi connectivity index (χ0v) is 10.6. The molecule has 0 saturated carbocycles. The molecule has 0 spiro atoms. The highest BCUT2D eigenvalue weighted by atomic mass is 127. The molecule has 0 unspecified atom stereocenters. The molecular weight excluding hydrogens is 394 g/mol. The third kappa shape index (κ3) is 2.79. The molecule has 13 heavy (non-hydrogen) atoms. The molecule has 0 saturated heterocycles. The minimum atomic E-state index is 0. The number of hydrogen-bond acceptors (Lipinski definition) is 2. The fourth-order valence-electron chi connectivity index (χ4n) is 0.744. The Morgan fingerprint density at radius 1 is 1.00 bits per heavy atom. The molecule has 0 aliphatic rings. The molecule has 5 heteroatoms. The van der Waals surface area contributed by atoms with Gasteiger partial charge in [0, 0.05) is 7.14 Å². The van der Waals surface area contributed by atoms with Gasteiger partial charge in [-0.2, -0.15) is 10.5 Å². The van der Waals surface area contributed by atoms with Crippen LogP contribution in [-0.4, -0.2) is 5.48 Å². The second-order valence-corrected chi connectivity index (χ2v) is 4.36. The van der Waals surface area contributed by atoms with Crippen molar-refractivity contribution >= 4 is 45.2 Å². The Labute approximate surface area is 103 Å². The van der Waals surface area contributed by atoms with Crippen molar-refractivity contribution in [2.45, 2.75) is 0 Å². The lowest BCUT2D eigenvalue weighted by atomic mass is 10.2. The van der Waals surface area contributed by atoms with Gasteiger partial charge in [0.15, 0.2) is 0 Å². The lowest BCUT2D eigenvalue weighted by Gasteiger charge is -1.98. The monoisotopic (exact) mass is 398 g/mol. The highest BCUT2D eigenvalue weighted by Gasteiger charge is 2.05. The van der Waals surface area contributed by atoms with Gasteiger partial charge in [-0.15, -0.1) is 0 Å². The van der Waals surface area contributed by atoms with E-state index in [0.29, 0.717) is 11.1 Å². The second-order valence-electron chi connectivity index (χ2n) is 2.04. The molecule has 0 fully saturated rings. The van der Waals surface area contributed by atoms with Crippen LogP contribution in [0.1, 0.15) is 11.1 Å². The molecule has 2 N–H and O–H groups in total. The largest absolute Gasteiger partial charge is 0.412 e. The highest BCUT2D eigenvalue weighted by molar-refractivity contribution is 14.1. The van der Waals surface area contributed by atoms with Crippen LogP contribution in [0, 0.1) is 29.8 Å². The van der Waals surface area contributed by atoms with Crippen LogP contribution in [0.4, 0.5) is 0 Å². The highest BCUT2D eigenvalue weighted by Crippen LogP contribution is 2.20. The Morgan fingerprint density at radius 2 is 1.46 bits per heavy atom. The van der Waals surface area contributed by atoms with E-state index in [2.05, 4.69) is 51.3 Å². The smallest absolute Gasteiger partial charge is 0.101 e. The van der Waals surface area contributed by atoms with Crippen molar-refractivity contribution in [1.82, 2.24) is 0 Å². The van der Waals surface area contributed by atoms with Gasteiger partial charge >= 0.3 is 0 Å². The van der Waals surface area contributed by atoms with Crippen LogP contribution >= 0.6 is 45.2 Å². The molecule has 0 heterocycles. The topological polar surface area (TPSA) is 79.1 Å². The lowest BCUT2D eigenvalue weighted by molar-refractivity contribution is 0.824. The average Bonchev–Trinajstić information content (AvgIpc) is 2.03. The molecule has 1 aromatic rings. The van der Waals surface area contributed by atoms with Gasteiger partial charge in [0.05, 0.1) is 17.2 Å². The first-order chi connectivity index (χ1) is 5.69. The molecule has 0 amide bonds. The number of halogens is 2. The first-order valence-corrected chi connectivity index (χ1v) is 5.14. The molecule has 1 aromatic carbocycles. The molecule has 0 aliphatic carbocycles. The normalized spacial score (nSPS) is 8.00. The average molecular weight is 398 g/mol. The summed E-state index contributed by atoms with van der Waals surface area (Å²) in [4.78, 5) is 0. The summed E-state index contributed by atoms with van der Waals surface area (Å²) >= 11 is 4.11. The zero-order chi connectivity index (χ0) is 9.14. The maximum Gasteiger partial charge on any atom is 0.101 e. The fraction of sp³-hybridized carbons (Fsp3) is 0. The molecular formula is C8H4I2N2O. The van der Waals surface area contributed by atoms with Crippen LogP contribution in [0.25, 0.3) is 0 Å². The predicted molar refractivity (Wildman–Crippen MR) is 64.9 cm³/mol. The Balaban J connectivity index is 0.00000144. The van der Waals surface area contributed by atoms with Crippen molar-refractivity contribution in [1.29, 1.82) is 10.5 Å². The minimum Gasteiger partial charge on any atom is -0.412 e. The van der Waals surface area contributed by atoms with Crippen LogP contribution in [0.15, 0.2) is 12.1 Å². The Hall–Kier alpha value is -0.380. The maximum atomic E-state index is 8.72. The summed E-state index contributed by atoms with van der Waals surface area (Å²) in [5.74, 6) is 0. The van der Waals surface area contributed by atoms with Crippen molar-refractivity contribution in [2.75, 3.05) is 0 Å². The van der Waals surface area contributed by atoms with Gasteiger partial charge in [-0.3, -0.25) is 0 Å². The summed E-state index contributed by atoms with van der Waals surface area (Å²) in [5.41, 5.74) is 1.25. The number of hydrogen-bond donors (Lipinski definition) is 0. The molecule has 0 aliphatic heterocycles. The number of nitriles is 2. The standard InChI is InChI=1S/C8H2I2N2.H2O/c9-7-1-5(3-11)2-8(10)6(7)4-12;/h1-2H;1H2. The van der Waals surface area contributed by atoms with E-state index in [4.69, 9.17) is 10.5 Å². The Bertz CT molecular complexity index is 381. The third-order valence-corrected chi connectivity index (χ3v) is 2.98. The SMILES string of the molecule is N#Cc1cc(I)c(C#N)c(I)c1.O. The van der Waals surface area contributed by atoms with Crippen LogP contribution in [0.2, 0.25) is 0 Å². The summed E-state index contributed by atoms with van der Waals surface area (Å²) in [5, 5.41) is 17.3. The minimum absolute atomic E-state index is 0. The van der Waals surface area contributed by atoms with Gasteiger partial charge in [-0.1, -0.05) is 0 Å². The predicted octanol–water partition coefficient (Wildman–Crippen LogP) is 1.81. The van der Waals surface area contributed by atoms with Crippen LogP contribution in [0.3, 0.4) is 0 Å². The summed E-state index contributed by atoms with van der Waals surface area (Å²) in [6, 6.07) is 7.55. The lowest BCUT2D eigenvalue weighted by Crippen LogP contribution is -1.88. The molecule has 1 rings (SSSR count). The molecule has 66 valence electrons. The van der Waals surface area contributed by atoms with E-state index in [1.807, 2.05) is 6.07 Å². The van der Waals surface area contributed by atoms with E-state index in [9.17, 15) is 0 Å². The van der Waals surface area contributed by atoms with Gasteiger partial charge in [-0.25, -0.2) is 0 Å². The quantitative estimate of drug-likeness (QED) is 0.626. The van der Waals surface area contributed by atoms with E-state index < -0.39 is 0 Å². The van der Waals surface area contributed by atoms with E-state index in [1.165, 1.54) is 0 Å². The molecule has 0 radical (unpaired) electrons. The van der Waals surface area contributed by atoms with Crippen LogP contribution < -0.4 is 0 Å². The number of benzene rings is 1. The number of rotatable bonds is 0. The third-order valence-electron chi connectivity index (χ3n) is 1.28. The van der Waals surface area contributed by atoms with Gasteiger partial charge < -0.3 is 5.48 Å². The Kier molecular flexibility index (Phi) is 5.21. The van der Waals surface area contributed by atoms with Crippen molar-refractivity contribution in [3.63, 3.8) is 0 Å². The van der Waals surface area contributed by atoms with Crippen molar-refractivity contribution < 1.29 is 5.48 Å². The first kappa shape index (κ1) is 12.6. The molecule has 3 nitrogen and oxygen atoms in total. The van der Waals surface area contributed by atoms with Crippen LogP contribution in [0.5, 0.6) is 0 Å². The summed E-state index contributed by atoms with van der Waals surface area (Å²) in [6.07, 6.45) is 0. The molecule has 0 bridgehead atoms. The van der Waals surface area contributed by atoms with Crippen molar-refractivity contribution in [3.8, 4) is 12.1 Å². The summed E-state index contributed by atoms with van der Waals surface area (Å²) < 4.78 is 1.66. The van der Waals surface area contributed by atoms with E-state index in [-0.39, 0.29) is 5.48 Å². The van der Waals surface area contributed by atoms with Crippen molar-refractivity contribution in [2.24, 2.45) is 0 Å². The zero-order valence-electron chi connectivity index (χ0n) is 6.31. The van der Waals surface area contributed by atoms with Gasteiger partial charge in [0.2, 0.25) is 0 Å². The Morgan fingerprint density at radius 3 is 1.77 bits per heavy atom.